The highest BCUT2D eigenvalue weighted by atomic mass is 79.9. The summed E-state index contributed by atoms with van der Waals surface area (Å²) < 4.78 is 20.3. The molecule has 1 amide bonds. The van der Waals surface area contributed by atoms with E-state index in [0.29, 0.717) is 26.5 Å². The summed E-state index contributed by atoms with van der Waals surface area (Å²) >= 11 is 9.51. The summed E-state index contributed by atoms with van der Waals surface area (Å²) in [6, 6.07) is 25.1. The molecule has 188 valence electrons. The van der Waals surface area contributed by atoms with Crippen molar-refractivity contribution in [2.75, 3.05) is 0 Å². The molecule has 0 aliphatic rings. The number of aromatic nitrogens is 1. The highest BCUT2D eigenvalue weighted by molar-refractivity contribution is 9.10. The average Bonchev–Trinajstić information content (AvgIpc) is 3.29. The Labute approximate surface area is 230 Å². The van der Waals surface area contributed by atoms with Gasteiger partial charge in [-0.2, -0.15) is 5.10 Å². The van der Waals surface area contributed by atoms with Gasteiger partial charge in [0.1, 0.15) is 17.3 Å². The molecule has 5 rings (SSSR count). The topological polar surface area (TPSA) is 83.5 Å². The monoisotopic (exact) mass is 589 g/mol. The van der Waals surface area contributed by atoms with Crippen molar-refractivity contribution >= 4 is 56.5 Å². The lowest BCUT2D eigenvalue weighted by Crippen LogP contribution is -2.19. The van der Waals surface area contributed by atoms with Crippen LogP contribution in [0.15, 0.2) is 101 Å². The van der Waals surface area contributed by atoms with E-state index in [1.807, 2.05) is 30.3 Å². The molecule has 0 aliphatic heterocycles. The third-order valence-electron chi connectivity index (χ3n) is 5.69. The number of halogens is 3. The first kappa shape index (κ1) is 25.4. The third kappa shape index (κ3) is 5.37. The van der Waals surface area contributed by atoms with E-state index in [0.717, 1.165) is 5.56 Å². The van der Waals surface area contributed by atoms with Gasteiger partial charge in [-0.25, -0.2) is 14.6 Å². The van der Waals surface area contributed by atoms with Crippen LogP contribution in [0.4, 0.5) is 4.39 Å². The molecule has 0 fully saturated rings. The Morgan fingerprint density at radius 3 is 2.53 bits per heavy atom. The molecule has 38 heavy (non-hydrogen) atoms. The first-order valence-electron chi connectivity index (χ1n) is 11.4. The quantitative estimate of drug-likeness (QED) is 0.0937. The number of nitrogens with one attached hydrogen (secondary N) is 2. The molecule has 0 spiro atoms. The fraction of sp³-hybridized carbons (Fsp3) is 0. The van der Waals surface area contributed by atoms with E-state index in [9.17, 15) is 14.0 Å². The van der Waals surface area contributed by atoms with E-state index in [2.05, 4.69) is 31.4 Å². The minimum Gasteiger partial charge on any atom is -0.422 e. The summed E-state index contributed by atoms with van der Waals surface area (Å²) in [5.74, 6) is -1.34. The normalized spacial score (nSPS) is 11.1. The van der Waals surface area contributed by atoms with Crippen LogP contribution in [0.3, 0.4) is 0 Å². The largest absolute Gasteiger partial charge is 0.422 e. The van der Waals surface area contributed by atoms with Crippen LogP contribution in [0.2, 0.25) is 5.02 Å². The van der Waals surface area contributed by atoms with Gasteiger partial charge in [0.2, 0.25) is 0 Å². The van der Waals surface area contributed by atoms with Gasteiger partial charge in [-0.05, 0) is 54.1 Å². The van der Waals surface area contributed by atoms with Crippen molar-refractivity contribution in [3.05, 3.63) is 123 Å². The lowest BCUT2D eigenvalue weighted by atomic mass is 10.0. The standard InChI is InChI=1S/C29H18BrClFN3O3/c30-19-10-13-25(38-29(37)21-8-4-5-9-23(21)31)18(14-19)16-33-35-28(36)27-26(17-6-2-1-3-7-17)22-15-20(32)11-12-24(22)34-27/h1-16,34H,(H,35,36). The number of hydrazone groups is 1. The van der Waals surface area contributed by atoms with Crippen molar-refractivity contribution < 1.29 is 18.7 Å². The molecule has 1 aromatic heterocycles. The minimum absolute atomic E-state index is 0.219. The molecular formula is C29H18BrClFN3O3. The predicted molar refractivity (Wildman–Crippen MR) is 149 cm³/mol. The molecule has 4 aromatic carbocycles. The Kier molecular flexibility index (Phi) is 7.35. The van der Waals surface area contributed by atoms with E-state index in [1.165, 1.54) is 18.3 Å². The van der Waals surface area contributed by atoms with Crippen LogP contribution < -0.4 is 10.2 Å². The smallest absolute Gasteiger partial charge is 0.345 e. The molecule has 1 heterocycles. The van der Waals surface area contributed by atoms with Gasteiger partial charge in [-0.3, -0.25) is 4.79 Å². The highest BCUT2D eigenvalue weighted by Gasteiger charge is 2.20. The van der Waals surface area contributed by atoms with Gasteiger partial charge in [0.25, 0.3) is 5.91 Å². The number of amides is 1. The predicted octanol–water partition coefficient (Wildman–Crippen LogP) is 7.37. The Morgan fingerprint density at radius 1 is 0.974 bits per heavy atom. The van der Waals surface area contributed by atoms with Gasteiger partial charge in [0.15, 0.2) is 0 Å². The number of aromatic amines is 1. The number of benzene rings is 4. The molecule has 0 saturated carbocycles. The van der Waals surface area contributed by atoms with Crippen LogP contribution in [0.25, 0.3) is 22.0 Å². The van der Waals surface area contributed by atoms with E-state index < -0.39 is 17.7 Å². The number of rotatable bonds is 6. The number of fused-ring (bicyclic) bond motifs is 1. The second-order valence-corrected chi connectivity index (χ2v) is 9.50. The molecule has 0 aliphatic carbocycles. The lowest BCUT2D eigenvalue weighted by molar-refractivity contribution is 0.0734. The van der Waals surface area contributed by atoms with Gasteiger partial charge in [-0.15, -0.1) is 0 Å². The average molecular weight is 591 g/mol. The molecular weight excluding hydrogens is 573 g/mol. The molecule has 0 saturated heterocycles. The summed E-state index contributed by atoms with van der Waals surface area (Å²) in [4.78, 5) is 28.9. The van der Waals surface area contributed by atoms with Crippen molar-refractivity contribution in [3.63, 3.8) is 0 Å². The number of H-pyrrole nitrogens is 1. The van der Waals surface area contributed by atoms with Crippen molar-refractivity contribution in [1.82, 2.24) is 10.4 Å². The SMILES string of the molecule is O=C(Oc1ccc(Br)cc1C=NNC(=O)c1[nH]c2ccc(F)cc2c1-c1ccccc1)c1ccccc1Cl. The Hall–Kier alpha value is -4.27. The Bertz CT molecular complexity index is 1700. The number of hydrogen-bond donors (Lipinski definition) is 2. The van der Waals surface area contributed by atoms with E-state index in [4.69, 9.17) is 16.3 Å². The van der Waals surface area contributed by atoms with Crippen LogP contribution >= 0.6 is 27.5 Å². The summed E-state index contributed by atoms with van der Waals surface area (Å²) in [7, 11) is 0. The van der Waals surface area contributed by atoms with Crippen molar-refractivity contribution in [2.24, 2.45) is 5.10 Å². The molecule has 0 atom stereocenters. The summed E-state index contributed by atoms with van der Waals surface area (Å²) in [5, 5.41) is 4.93. The fourth-order valence-electron chi connectivity index (χ4n) is 3.95. The van der Waals surface area contributed by atoms with Crippen LogP contribution in [-0.2, 0) is 0 Å². The maximum atomic E-state index is 14.0. The highest BCUT2D eigenvalue weighted by Crippen LogP contribution is 2.33. The number of esters is 1. The van der Waals surface area contributed by atoms with Gasteiger partial charge >= 0.3 is 5.97 Å². The first-order chi connectivity index (χ1) is 18.4. The third-order valence-corrected chi connectivity index (χ3v) is 6.51. The summed E-state index contributed by atoms with van der Waals surface area (Å²) in [6.07, 6.45) is 1.36. The zero-order valence-electron chi connectivity index (χ0n) is 19.5. The zero-order valence-corrected chi connectivity index (χ0v) is 21.9. The molecule has 0 radical (unpaired) electrons. The maximum absolute atomic E-state index is 14.0. The van der Waals surface area contributed by atoms with Gasteiger partial charge < -0.3 is 9.72 Å². The first-order valence-corrected chi connectivity index (χ1v) is 12.5. The van der Waals surface area contributed by atoms with Crippen molar-refractivity contribution in [2.45, 2.75) is 0 Å². The lowest BCUT2D eigenvalue weighted by Gasteiger charge is -2.09. The second kappa shape index (κ2) is 11.0. The van der Waals surface area contributed by atoms with Gasteiger partial charge in [0, 0.05) is 26.5 Å². The van der Waals surface area contributed by atoms with E-state index in [1.54, 1.807) is 48.5 Å². The Balaban J connectivity index is 1.42. The van der Waals surface area contributed by atoms with Crippen LogP contribution in [0.1, 0.15) is 26.4 Å². The fourth-order valence-corrected chi connectivity index (χ4v) is 4.54. The number of carbonyl (C=O) groups is 2. The number of carbonyl (C=O) groups excluding carboxylic acids is 2. The van der Waals surface area contributed by atoms with Crippen molar-refractivity contribution in [1.29, 1.82) is 0 Å². The molecule has 5 aromatic rings. The second-order valence-electron chi connectivity index (χ2n) is 8.18. The van der Waals surface area contributed by atoms with Crippen LogP contribution in [-0.4, -0.2) is 23.1 Å². The minimum atomic E-state index is -0.630. The van der Waals surface area contributed by atoms with Crippen molar-refractivity contribution in [3.8, 4) is 16.9 Å². The van der Waals surface area contributed by atoms with E-state index >= 15 is 0 Å². The number of nitrogens with zero attached hydrogens (tertiary/aromatic N) is 1. The summed E-state index contributed by atoms with van der Waals surface area (Å²) in [6.45, 7) is 0. The van der Waals surface area contributed by atoms with Gasteiger partial charge in [0.05, 0.1) is 16.8 Å². The molecule has 0 unspecified atom stereocenters. The molecule has 2 N–H and O–H groups in total. The van der Waals surface area contributed by atoms with E-state index in [-0.39, 0.29) is 22.0 Å². The molecule has 0 bridgehead atoms. The number of hydrogen-bond acceptors (Lipinski definition) is 4. The van der Waals surface area contributed by atoms with Crippen LogP contribution in [0, 0.1) is 5.82 Å². The van der Waals surface area contributed by atoms with Gasteiger partial charge in [-0.1, -0.05) is 70.0 Å². The molecule has 6 nitrogen and oxygen atoms in total. The Morgan fingerprint density at radius 2 is 1.74 bits per heavy atom. The maximum Gasteiger partial charge on any atom is 0.345 e. The van der Waals surface area contributed by atoms with Crippen LogP contribution in [0.5, 0.6) is 5.75 Å². The summed E-state index contributed by atoms with van der Waals surface area (Å²) in [5.41, 5.74) is 5.31. The zero-order chi connectivity index (χ0) is 26.6. The number of ether oxygens (including phenoxy) is 1. The molecule has 9 heteroatoms.